The van der Waals surface area contributed by atoms with Gasteiger partial charge in [0.15, 0.2) is 8.32 Å². The normalized spacial score (nSPS) is 23.6. The van der Waals surface area contributed by atoms with Gasteiger partial charge in [-0.05, 0) is 97.6 Å². The molecule has 9 heteroatoms. The molecule has 5 rings (SSSR count). The number of likely N-dealkylation sites (tertiary alicyclic amines) is 1. The Kier molecular flexibility index (Phi) is 9.99. The Balaban J connectivity index is 1.18. The standard InChI is InChI=1S/C34H46Cl2N2O4Si/c1-34(2,3)43(4,5)42-28-12-10-27(11-13-28)38-15-14-25(33(38)40)20-29-30(35)21-26(22-31(29)36)23-6-8-24(9-7-23)32(39)37-16-18-41-19-17-37/h6-9,21-22,25,27-28H,10-20H2,1-5H3/t25-,27-,28-/m0/s1. The molecule has 2 amide bonds. The number of hydrogen-bond donors (Lipinski definition) is 0. The summed E-state index contributed by atoms with van der Waals surface area (Å²) in [5, 5.41) is 1.35. The molecule has 0 aromatic heterocycles. The van der Waals surface area contributed by atoms with Crippen molar-refractivity contribution >= 4 is 43.3 Å². The van der Waals surface area contributed by atoms with Gasteiger partial charge >= 0.3 is 0 Å². The summed E-state index contributed by atoms with van der Waals surface area (Å²) in [4.78, 5) is 30.3. The molecule has 0 spiro atoms. The van der Waals surface area contributed by atoms with Crippen LogP contribution in [-0.4, -0.2) is 74.9 Å². The lowest BCUT2D eigenvalue weighted by Gasteiger charge is -2.42. The highest BCUT2D eigenvalue weighted by Gasteiger charge is 2.42. The summed E-state index contributed by atoms with van der Waals surface area (Å²) in [7, 11) is -1.79. The summed E-state index contributed by atoms with van der Waals surface area (Å²) in [6.07, 6.45) is 5.73. The van der Waals surface area contributed by atoms with Crippen molar-refractivity contribution in [2.75, 3.05) is 32.8 Å². The number of morpholine rings is 1. The van der Waals surface area contributed by atoms with Crippen LogP contribution in [0.25, 0.3) is 11.1 Å². The second kappa shape index (κ2) is 13.2. The van der Waals surface area contributed by atoms with E-state index in [0.717, 1.165) is 55.3 Å². The first-order chi connectivity index (χ1) is 20.3. The predicted molar refractivity (Wildman–Crippen MR) is 176 cm³/mol. The van der Waals surface area contributed by atoms with Crippen LogP contribution in [0, 0.1) is 5.92 Å². The predicted octanol–water partition coefficient (Wildman–Crippen LogP) is 7.86. The van der Waals surface area contributed by atoms with E-state index in [9.17, 15) is 9.59 Å². The molecule has 1 atom stereocenters. The fourth-order valence-corrected chi connectivity index (χ4v) is 8.41. The summed E-state index contributed by atoms with van der Waals surface area (Å²) in [5.74, 6) is 0.141. The average molecular weight is 646 g/mol. The quantitative estimate of drug-likeness (QED) is 0.288. The van der Waals surface area contributed by atoms with Gasteiger partial charge in [-0.3, -0.25) is 9.59 Å². The Bertz CT molecular complexity index is 1290. The highest BCUT2D eigenvalue weighted by molar-refractivity contribution is 6.74. The van der Waals surface area contributed by atoms with E-state index < -0.39 is 8.32 Å². The van der Waals surface area contributed by atoms with Crippen molar-refractivity contribution in [3.05, 3.63) is 57.6 Å². The largest absolute Gasteiger partial charge is 0.414 e. The molecule has 2 aromatic rings. The molecule has 3 fully saturated rings. The molecule has 2 saturated heterocycles. The van der Waals surface area contributed by atoms with Gasteiger partial charge in [-0.2, -0.15) is 0 Å². The Morgan fingerprint density at radius 1 is 0.930 bits per heavy atom. The molecule has 2 aromatic carbocycles. The molecule has 3 aliphatic rings. The summed E-state index contributed by atoms with van der Waals surface area (Å²) in [6.45, 7) is 14.7. The number of benzene rings is 2. The molecule has 234 valence electrons. The monoisotopic (exact) mass is 644 g/mol. The van der Waals surface area contributed by atoms with Crippen molar-refractivity contribution in [1.29, 1.82) is 0 Å². The number of ether oxygens (including phenoxy) is 1. The third-order valence-electron chi connectivity index (χ3n) is 10.1. The number of amides is 2. The number of nitrogens with zero attached hydrogens (tertiary/aromatic N) is 2. The van der Waals surface area contributed by atoms with Gasteiger partial charge in [0.05, 0.1) is 13.2 Å². The van der Waals surface area contributed by atoms with Gasteiger partial charge in [-0.1, -0.05) is 56.1 Å². The fourth-order valence-electron chi connectivity index (χ4n) is 6.35. The first-order valence-corrected chi connectivity index (χ1v) is 19.4. The van der Waals surface area contributed by atoms with Gasteiger partial charge < -0.3 is 19.0 Å². The lowest BCUT2D eigenvalue weighted by atomic mass is 9.92. The molecule has 0 unspecified atom stereocenters. The second-order valence-electron chi connectivity index (χ2n) is 13.9. The van der Waals surface area contributed by atoms with E-state index in [1.54, 1.807) is 0 Å². The van der Waals surface area contributed by atoms with E-state index in [1.165, 1.54) is 0 Å². The van der Waals surface area contributed by atoms with Crippen LogP contribution in [-0.2, 0) is 20.4 Å². The summed E-state index contributed by atoms with van der Waals surface area (Å²) < 4.78 is 12.0. The van der Waals surface area contributed by atoms with Crippen LogP contribution in [0.1, 0.15) is 68.8 Å². The summed E-state index contributed by atoms with van der Waals surface area (Å²) >= 11 is 13.6. The topological polar surface area (TPSA) is 59.1 Å². The smallest absolute Gasteiger partial charge is 0.254 e. The lowest BCUT2D eigenvalue weighted by molar-refractivity contribution is -0.133. The maximum atomic E-state index is 13.5. The summed E-state index contributed by atoms with van der Waals surface area (Å²) in [5.41, 5.74) is 3.31. The van der Waals surface area contributed by atoms with Crippen molar-refractivity contribution in [1.82, 2.24) is 9.80 Å². The van der Waals surface area contributed by atoms with Crippen LogP contribution >= 0.6 is 23.2 Å². The van der Waals surface area contributed by atoms with E-state index >= 15 is 0 Å². The first kappa shape index (κ1) is 32.5. The number of halogens is 2. The maximum Gasteiger partial charge on any atom is 0.254 e. The van der Waals surface area contributed by atoms with Gasteiger partial charge in [0.2, 0.25) is 5.91 Å². The molecular weight excluding hydrogens is 599 g/mol. The van der Waals surface area contributed by atoms with Crippen molar-refractivity contribution in [3.63, 3.8) is 0 Å². The van der Waals surface area contributed by atoms with Gasteiger partial charge in [-0.25, -0.2) is 0 Å². The Labute approximate surface area is 268 Å². The van der Waals surface area contributed by atoms with Crippen molar-refractivity contribution in [2.24, 2.45) is 5.92 Å². The fraction of sp³-hybridized carbons (Fsp3) is 0.588. The van der Waals surface area contributed by atoms with Gasteiger partial charge in [-0.15, -0.1) is 0 Å². The molecule has 0 radical (unpaired) electrons. The summed E-state index contributed by atoms with van der Waals surface area (Å²) in [6, 6.07) is 11.7. The molecular formula is C34H46Cl2N2O4Si. The van der Waals surface area contributed by atoms with E-state index in [1.807, 2.05) is 41.3 Å². The molecule has 2 aliphatic heterocycles. The van der Waals surface area contributed by atoms with Gasteiger partial charge in [0, 0.05) is 53.3 Å². The van der Waals surface area contributed by atoms with Gasteiger partial charge in [0.25, 0.3) is 5.91 Å². The molecule has 6 nitrogen and oxygen atoms in total. The Hall–Kier alpha value is -1.90. The second-order valence-corrected chi connectivity index (χ2v) is 19.5. The van der Waals surface area contributed by atoms with E-state index in [4.69, 9.17) is 32.4 Å². The Morgan fingerprint density at radius 2 is 1.53 bits per heavy atom. The number of carbonyl (C=O) groups excluding carboxylic acids is 2. The highest BCUT2D eigenvalue weighted by Crippen LogP contribution is 2.41. The minimum Gasteiger partial charge on any atom is -0.414 e. The van der Waals surface area contributed by atoms with Gasteiger partial charge in [0.1, 0.15) is 0 Å². The van der Waals surface area contributed by atoms with Crippen LogP contribution in [0.3, 0.4) is 0 Å². The highest BCUT2D eigenvalue weighted by atomic mass is 35.5. The van der Waals surface area contributed by atoms with Crippen LogP contribution in [0.2, 0.25) is 28.2 Å². The van der Waals surface area contributed by atoms with Crippen LogP contribution < -0.4 is 0 Å². The third kappa shape index (κ3) is 7.33. The number of rotatable bonds is 7. The number of hydrogen-bond acceptors (Lipinski definition) is 4. The van der Waals surface area contributed by atoms with Crippen LogP contribution in [0.4, 0.5) is 0 Å². The maximum absolute atomic E-state index is 13.5. The minimum absolute atomic E-state index is 0.0176. The molecule has 0 N–H and O–H groups in total. The van der Waals surface area contributed by atoms with E-state index in [2.05, 4.69) is 38.8 Å². The van der Waals surface area contributed by atoms with E-state index in [-0.39, 0.29) is 22.8 Å². The molecule has 2 heterocycles. The molecule has 0 bridgehead atoms. The minimum atomic E-state index is -1.79. The van der Waals surface area contributed by atoms with Crippen molar-refractivity contribution in [2.45, 2.75) is 89.6 Å². The van der Waals surface area contributed by atoms with Crippen molar-refractivity contribution < 1.29 is 18.8 Å². The zero-order chi connectivity index (χ0) is 30.9. The SMILES string of the molecule is CC(C)(C)[Si](C)(C)O[C@H]1CC[C@H](N2CC[C@@H](Cc3c(Cl)cc(-c4ccc(C(=O)N5CCOCC5)cc4)cc3Cl)C2=O)CC1. The lowest BCUT2D eigenvalue weighted by Crippen LogP contribution is -2.47. The number of carbonyl (C=O) groups is 2. The zero-order valence-corrected chi connectivity index (χ0v) is 28.8. The molecule has 1 aliphatic carbocycles. The average Bonchev–Trinajstić information content (AvgIpc) is 3.34. The van der Waals surface area contributed by atoms with E-state index in [0.29, 0.717) is 60.5 Å². The van der Waals surface area contributed by atoms with Crippen molar-refractivity contribution in [3.8, 4) is 11.1 Å². The van der Waals surface area contributed by atoms with Crippen LogP contribution in [0.15, 0.2) is 36.4 Å². The zero-order valence-electron chi connectivity index (χ0n) is 26.3. The third-order valence-corrected chi connectivity index (χ3v) is 15.3. The van der Waals surface area contributed by atoms with Crippen LogP contribution in [0.5, 0.6) is 0 Å². The molecule has 1 saturated carbocycles. The Morgan fingerprint density at radius 3 is 2.12 bits per heavy atom. The molecule has 43 heavy (non-hydrogen) atoms. The first-order valence-electron chi connectivity index (χ1n) is 15.8.